The highest BCUT2D eigenvalue weighted by atomic mass is 16.5. The summed E-state index contributed by atoms with van der Waals surface area (Å²) < 4.78 is 6.33. The second-order valence-electron chi connectivity index (χ2n) is 11.1. The van der Waals surface area contributed by atoms with Gasteiger partial charge in [0.2, 0.25) is 5.91 Å². The third-order valence-corrected chi connectivity index (χ3v) is 8.58. The first-order valence-electron chi connectivity index (χ1n) is 14.4. The number of hydrogen-bond acceptors (Lipinski definition) is 3. The Morgan fingerprint density at radius 3 is 2.24 bits per heavy atom. The van der Waals surface area contributed by atoms with Crippen LogP contribution >= 0.6 is 0 Å². The van der Waals surface area contributed by atoms with Gasteiger partial charge in [-0.15, -0.1) is 0 Å². The van der Waals surface area contributed by atoms with Gasteiger partial charge in [0.05, 0.1) is 0 Å². The maximum atomic E-state index is 14.5. The fourth-order valence-electron chi connectivity index (χ4n) is 6.55. The molecular formula is C34H38N2O2. The molecule has 2 unspecified atom stereocenters. The number of fused-ring (bicyclic) bond motifs is 5. The summed E-state index contributed by atoms with van der Waals surface area (Å²) >= 11 is 0. The molecule has 1 amide bonds. The van der Waals surface area contributed by atoms with E-state index in [0.29, 0.717) is 12.5 Å². The Labute approximate surface area is 226 Å². The van der Waals surface area contributed by atoms with Crippen molar-refractivity contribution in [2.75, 3.05) is 31.1 Å². The zero-order valence-corrected chi connectivity index (χ0v) is 22.2. The SMILES string of the molecule is O=C1N(CC2CCCCCNCCCC2)c2ccccc2C12COc1cc3ccccccccc3cc12. The number of amides is 1. The first kappa shape index (κ1) is 24.9. The molecule has 1 spiro atoms. The van der Waals surface area contributed by atoms with Gasteiger partial charge < -0.3 is 15.0 Å². The minimum atomic E-state index is -0.777. The third kappa shape index (κ3) is 4.67. The van der Waals surface area contributed by atoms with Gasteiger partial charge in [-0.1, -0.05) is 86.0 Å². The van der Waals surface area contributed by atoms with Crippen molar-refractivity contribution in [3.8, 4) is 5.75 Å². The molecule has 0 radical (unpaired) electrons. The number of rotatable bonds is 2. The number of anilines is 1. The summed E-state index contributed by atoms with van der Waals surface area (Å²) in [7, 11) is 0. The second-order valence-corrected chi connectivity index (χ2v) is 11.1. The molecule has 196 valence electrons. The molecule has 3 aromatic carbocycles. The van der Waals surface area contributed by atoms with E-state index in [9.17, 15) is 4.79 Å². The lowest BCUT2D eigenvalue weighted by Gasteiger charge is -2.27. The summed E-state index contributed by atoms with van der Waals surface area (Å²) in [5, 5.41) is 5.77. The van der Waals surface area contributed by atoms with Crippen molar-refractivity contribution < 1.29 is 9.53 Å². The highest BCUT2D eigenvalue weighted by molar-refractivity contribution is 6.12. The Bertz CT molecular complexity index is 1360. The van der Waals surface area contributed by atoms with Crippen LogP contribution in [0.15, 0.2) is 84.9 Å². The van der Waals surface area contributed by atoms with Crippen molar-refractivity contribution in [1.82, 2.24) is 5.32 Å². The Balaban J connectivity index is 1.39. The first-order valence-corrected chi connectivity index (χ1v) is 14.4. The summed E-state index contributed by atoms with van der Waals surface area (Å²) in [6.07, 6.45) is 8.55. The maximum absolute atomic E-state index is 14.5. The molecule has 1 fully saturated rings. The number of carbonyl (C=O) groups excluding carboxylic acids is 1. The van der Waals surface area contributed by atoms with E-state index in [1.54, 1.807) is 0 Å². The topological polar surface area (TPSA) is 41.6 Å². The minimum Gasteiger partial charge on any atom is -0.491 e. The first-order chi connectivity index (χ1) is 18.8. The molecule has 0 saturated carbocycles. The molecule has 3 aliphatic heterocycles. The molecule has 6 rings (SSSR count). The number of nitrogens with zero attached hydrogens (tertiary/aromatic N) is 1. The Kier molecular flexibility index (Phi) is 7.33. The van der Waals surface area contributed by atoms with E-state index in [-0.39, 0.29) is 5.91 Å². The Hall–Kier alpha value is -3.37. The van der Waals surface area contributed by atoms with Crippen LogP contribution in [0, 0.1) is 5.92 Å². The largest absolute Gasteiger partial charge is 0.491 e. The quantitative estimate of drug-likeness (QED) is 0.409. The fourth-order valence-corrected chi connectivity index (χ4v) is 6.55. The lowest BCUT2D eigenvalue weighted by Crippen LogP contribution is -2.44. The average molecular weight is 507 g/mol. The number of hydrogen-bond donors (Lipinski definition) is 1. The Morgan fingerprint density at radius 1 is 0.763 bits per heavy atom. The average Bonchev–Trinajstić information content (AvgIpc) is 3.40. The molecule has 4 nitrogen and oxygen atoms in total. The third-order valence-electron chi connectivity index (χ3n) is 8.58. The van der Waals surface area contributed by atoms with Gasteiger partial charge in [0.1, 0.15) is 17.8 Å². The second kappa shape index (κ2) is 11.2. The van der Waals surface area contributed by atoms with Gasteiger partial charge in [-0.25, -0.2) is 0 Å². The fraction of sp³-hybridized carbons (Fsp3) is 0.382. The molecular weight excluding hydrogens is 468 g/mol. The van der Waals surface area contributed by atoms with Gasteiger partial charge in [-0.2, -0.15) is 0 Å². The number of carbonyl (C=O) groups is 1. The van der Waals surface area contributed by atoms with E-state index in [4.69, 9.17) is 4.74 Å². The van der Waals surface area contributed by atoms with Crippen LogP contribution in [0.2, 0.25) is 0 Å². The van der Waals surface area contributed by atoms with Crippen molar-refractivity contribution >= 4 is 22.4 Å². The van der Waals surface area contributed by atoms with Gasteiger partial charge in [0.25, 0.3) is 0 Å². The molecule has 38 heavy (non-hydrogen) atoms. The molecule has 3 heterocycles. The van der Waals surface area contributed by atoms with Gasteiger partial charge >= 0.3 is 0 Å². The molecule has 3 aliphatic rings. The van der Waals surface area contributed by atoms with Crippen molar-refractivity contribution in [2.45, 2.75) is 50.4 Å². The predicted molar refractivity (Wildman–Crippen MR) is 155 cm³/mol. The van der Waals surface area contributed by atoms with Gasteiger partial charge in [0, 0.05) is 17.8 Å². The van der Waals surface area contributed by atoms with Crippen molar-refractivity contribution in [3.05, 3.63) is 96.1 Å². The molecule has 0 aliphatic carbocycles. The zero-order valence-electron chi connectivity index (χ0n) is 22.2. The van der Waals surface area contributed by atoms with E-state index in [0.717, 1.165) is 53.0 Å². The monoisotopic (exact) mass is 506 g/mol. The standard InChI is InChI=1S/C34H38N2O2/c37-33-34(25-38-32-23-28-17-8-4-2-1-3-7-16-27(28)22-30(32)34)29-18-9-10-19-31(29)36(33)24-26-14-6-5-12-20-35-21-13-11-15-26/h1-4,7-10,16-19,22-23,26,35H,5-6,11-15,20-21,24-25H2. The van der Waals surface area contributed by atoms with Crippen LogP contribution in [0.4, 0.5) is 5.69 Å². The van der Waals surface area contributed by atoms with E-state index < -0.39 is 5.41 Å². The molecule has 1 N–H and O–H groups in total. The molecule has 1 saturated heterocycles. The summed E-state index contributed by atoms with van der Waals surface area (Å²) in [6.45, 7) is 3.40. The number of nitrogens with one attached hydrogen (secondary N) is 1. The van der Waals surface area contributed by atoms with Crippen LogP contribution in [-0.2, 0) is 10.2 Å². The van der Waals surface area contributed by atoms with Crippen molar-refractivity contribution in [3.63, 3.8) is 0 Å². The van der Waals surface area contributed by atoms with Gasteiger partial charge in [-0.05, 0) is 79.2 Å². The summed E-state index contributed by atoms with van der Waals surface area (Å²) in [5.74, 6) is 1.53. The highest BCUT2D eigenvalue weighted by Crippen LogP contribution is 2.53. The van der Waals surface area contributed by atoms with Gasteiger partial charge in [0.15, 0.2) is 0 Å². The number of ether oxygens (including phenoxy) is 1. The summed E-state index contributed by atoms with van der Waals surface area (Å²) in [6, 6.07) is 29.2. The molecule has 4 heteroatoms. The summed E-state index contributed by atoms with van der Waals surface area (Å²) in [5.41, 5.74) is 2.38. The van der Waals surface area contributed by atoms with E-state index in [2.05, 4.69) is 70.9 Å². The predicted octanol–water partition coefficient (Wildman–Crippen LogP) is 6.94. The molecule has 2 atom stereocenters. The number of benzene rings is 2. The minimum absolute atomic E-state index is 0.176. The van der Waals surface area contributed by atoms with Crippen LogP contribution in [-0.4, -0.2) is 32.1 Å². The van der Waals surface area contributed by atoms with Crippen molar-refractivity contribution in [1.29, 1.82) is 0 Å². The lowest BCUT2D eigenvalue weighted by atomic mass is 9.76. The zero-order chi connectivity index (χ0) is 25.8. The van der Waals surface area contributed by atoms with Crippen LogP contribution in [0.25, 0.3) is 10.8 Å². The maximum Gasteiger partial charge on any atom is 0.245 e. The smallest absolute Gasteiger partial charge is 0.245 e. The number of para-hydroxylation sites is 1. The highest BCUT2D eigenvalue weighted by Gasteiger charge is 2.56. The van der Waals surface area contributed by atoms with Crippen LogP contribution < -0.4 is 15.0 Å². The van der Waals surface area contributed by atoms with Crippen LogP contribution in [0.3, 0.4) is 0 Å². The van der Waals surface area contributed by atoms with Crippen molar-refractivity contribution in [2.24, 2.45) is 5.92 Å². The van der Waals surface area contributed by atoms with E-state index in [1.165, 1.54) is 44.9 Å². The van der Waals surface area contributed by atoms with Crippen LogP contribution in [0.5, 0.6) is 5.75 Å². The lowest BCUT2D eigenvalue weighted by molar-refractivity contribution is -0.122. The van der Waals surface area contributed by atoms with Crippen LogP contribution in [0.1, 0.15) is 56.1 Å². The Morgan fingerprint density at radius 2 is 1.42 bits per heavy atom. The van der Waals surface area contributed by atoms with Gasteiger partial charge in [-0.3, -0.25) is 4.79 Å². The molecule has 0 bridgehead atoms. The molecule has 0 aromatic heterocycles. The van der Waals surface area contributed by atoms with E-state index in [1.807, 2.05) is 24.3 Å². The normalized spacial score (nSPS) is 23.3. The summed E-state index contributed by atoms with van der Waals surface area (Å²) in [4.78, 5) is 16.6. The molecule has 3 aromatic rings. The van der Waals surface area contributed by atoms with E-state index >= 15 is 0 Å².